The van der Waals surface area contributed by atoms with Crippen LogP contribution in [0.3, 0.4) is 0 Å². The van der Waals surface area contributed by atoms with Crippen molar-refractivity contribution in [2.45, 2.75) is 19.4 Å². The molecule has 1 N–H and O–H groups in total. The fraction of sp³-hybridized carbons (Fsp3) is 0.462. The maximum absolute atomic E-state index is 13.0. The SMILES string of the molecule is C[C@H]1CNCCN1C(=O)Cc1ccc(F)c(F)c1. The van der Waals surface area contributed by atoms with E-state index in [0.29, 0.717) is 12.1 Å². The molecule has 3 nitrogen and oxygen atoms in total. The minimum absolute atomic E-state index is 0.0463. The first-order valence-corrected chi connectivity index (χ1v) is 6.02. The molecule has 18 heavy (non-hydrogen) atoms. The summed E-state index contributed by atoms with van der Waals surface area (Å²) < 4.78 is 25.8. The van der Waals surface area contributed by atoms with E-state index in [1.807, 2.05) is 6.92 Å². The molecule has 1 aromatic rings. The quantitative estimate of drug-likeness (QED) is 0.863. The van der Waals surface area contributed by atoms with E-state index in [4.69, 9.17) is 0 Å². The Balaban J connectivity index is 2.04. The van der Waals surface area contributed by atoms with E-state index >= 15 is 0 Å². The topological polar surface area (TPSA) is 32.3 Å². The molecule has 0 bridgehead atoms. The Morgan fingerprint density at radius 3 is 2.89 bits per heavy atom. The van der Waals surface area contributed by atoms with Crippen LogP contribution in [0.1, 0.15) is 12.5 Å². The Kier molecular flexibility index (Phi) is 3.91. The molecule has 1 amide bonds. The highest BCUT2D eigenvalue weighted by atomic mass is 19.2. The minimum atomic E-state index is -0.909. The van der Waals surface area contributed by atoms with Gasteiger partial charge in [-0.25, -0.2) is 8.78 Å². The van der Waals surface area contributed by atoms with Crippen molar-refractivity contribution in [3.05, 3.63) is 35.4 Å². The summed E-state index contributed by atoms with van der Waals surface area (Å²) in [7, 11) is 0. The van der Waals surface area contributed by atoms with Gasteiger partial charge in [0.15, 0.2) is 11.6 Å². The Hall–Kier alpha value is -1.49. The predicted octanol–water partition coefficient (Wildman–Crippen LogP) is 1.33. The van der Waals surface area contributed by atoms with Crippen LogP contribution in [0.25, 0.3) is 0 Å². The van der Waals surface area contributed by atoms with E-state index in [-0.39, 0.29) is 18.4 Å². The van der Waals surface area contributed by atoms with Crippen LogP contribution in [0.2, 0.25) is 0 Å². The monoisotopic (exact) mass is 254 g/mol. The Morgan fingerprint density at radius 1 is 1.44 bits per heavy atom. The van der Waals surface area contributed by atoms with Crippen molar-refractivity contribution in [1.29, 1.82) is 0 Å². The van der Waals surface area contributed by atoms with E-state index in [1.165, 1.54) is 6.07 Å². The maximum atomic E-state index is 13.0. The first kappa shape index (κ1) is 13.0. The van der Waals surface area contributed by atoms with Gasteiger partial charge in [-0.05, 0) is 24.6 Å². The smallest absolute Gasteiger partial charge is 0.227 e. The summed E-state index contributed by atoms with van der Waals surface area (Å²) in [5, 5.41) is 3.20. The number of amides is 1. The van der Waals surface area contributed by atoms with Crippen molar-refractivity contribution >= 4 is 5.91 Å². The van der Waals surface area contributed by atoms with Crippen LogP contribution in [0, 0.1) is 11.6 Å². The normalized spacial score (nSPS) is 19.9. The number of carbonyl (C=O) groups excluding carboxylic acids is 1. The molecule has 0 aromatic heterocycles. The lowest BCUT2D eigenvalue weighted by Gasteiger charge is -2.34. The standard InChI is InChI=1S/C13H16F2N2O/c1-9-8-16-4-5-17(9)13(18)7-10-2-3-11(14)12(15)6-10/h2-3,6,9,16H,4-5,7-8H2,1H3/t9-/m0/s1. The predicted molar refractivity (Wildman–Crippen MR) is 64.1 cm³/mol. The summed E-state index contributed by atoms with van der Waals surface area (Å²) in [6.45, 7) is 4.16. The maximum Gasteiger partial charge on any atom is 0.227 e. The van der Waals surface area contributed by atoms with Crippen LogP contribution in [-0.4, -0.2) is 36.5 Å². The summed E-state index contributed by atoms with van der Waals surface area (Å²) >= 11 is 0. The van der Waals surface area contributed by atoms with Gasteiger partial charge < -0.3 is 10.2 Å². The van der Waals surface area contributed by atoms with Gasteiger partial charge in [-0.3, -0.25) is 4.79 Å². The second-order valence-electron chi connectivity index (χ2n) is 4.57. The summed E-state index contributed by atoms with van der Waals surface area (Å²) in [5.74, 6) is -1.84. The molecule has 1 fully saturated rings. The highest BCUT2D eigenvalue weighted by Gasteiger charge is 2.22. The van der Waals surface area contributed by atoms with Crippen LogP contribution in [0.15, 0.2) is 18.2 Å². The number of nitrogens with zero attached hydrogens (tertiary/aromatic N) is 1. The zero-order valence-corrected chi connectivity index (χ0v) is 10.2. The highest BCUT2D eigenvalue weighted by Crippen LogP contribution is 2.12. The lowest BCUT2D eigenvalue weighted by atomic mass is 10.1. The minimum Gasteiger partial charge on any atom is -0.337 e. The van der Waals surface area contributed by atoms with Gasteiger partial charge in [0.25, 0.3) is 0 Å². The average Bonchev–Trinajstić information content (AvgIpc) is 2.34. The molecule has 0 radical (unpaired) electrons. The zero-order chi connectivity index (χ0) is 13.1. The molecule has 98 valence electrons. The second-order valence-corrected chi connectivity index (χ2v) is 4.57. The van der Waals surface area contributed by atoms with Gasteiger partial charge in [0.05, 0.1) is 6.42 Å². The number of hydrogen-bond donors (Lipinski definition) is 1. The van der Waals surface area contributed by atoms with Crippen molar-refractivity contribution in [2.75, 3.05) is 19.6 Å². The summed E-state index contributed by atoms with van der Waals surface area (Å²) in [5.41, 5.74) is 0.504. The first-order chi connectivity index (χ1) is 8.58. The molecule has 0 saturated carbocycles. The van der Waals surface area contributed by atoms with Crippen LogP contribution >= 0.6 is 0 Å². The molecule has 1 heterocycles. The molecule has 0 spiro atoms. The second kappa shape index (κ2) is 5.44. The van der Waals surface area contributed by atoms with E-state index in [9.17, 15) is 13.6 Å². The largest absolute Gasteiger partial charge is 0.337 e. The fourth-order valence-electron chi connectivity index (χ4n) is 2.14. The third-order valence-electron chi connectivity index (χ3n) is 3.16. The summed E-state index contributed by atoms with van der Waals surface area (Å²) in [6, 6.07) is 3.72. The molecule has 1 atom stereocenters. The number of nitrogens with one attached hydrogen (secondary N) is 1. The molecule has 5 heteroatoms. The molecule has 1 aliphatic heterocycles. The van der Waals surface area contributed by atoms with Gasteiger partial charge in [-0.1, -0.05) is 6.07 Å². The van der Waals surface area contributed by atoms with Crippen molar-refractivity contribution in [3.8, 4) is 0 Å². The number of hydrogen-bond acceptors (Lipinski definition) is 2. The molecule has 0 unspecified atom stereocenters. The zero-order valence-electron chi connectivity index (χ0n) is 10.2. The number of rotatable bonds is 2. The van der Waals surface area contributed by atoms with E-state index in [0.717, 1.165) is 25.2 Å². The van der Waals surface area contributed by atoms with Crippen molar-refractivity contribution < 1.29 is 13.6 Å². The van der Waals surface area contributed by atoms with Crippen LogP contribution < -0.4 is 5.32 Å². The summed E-state index contributed by atoms with van der Waals surface area (Å²) in [6.07, 6.45) is 0.113. The van der Waals surface area contributed by atoms with Crippen molar-refractivity contribution in [3.63, 3.8) is 0 Å². The van der Waals surface area contributed by atoms with Crippen molar-refractivity contribution in [1.82, 2.24) is 10.2 Å². The van der Waals surface area contributed by atoms with Gasteiger partial charge in [-0.15, -0.1) is 0 Å². The third-order valence-corrected chi connectivity index (χ3v) is 3.16. The number of carbonyl (C=O) groups is 1. The Labute approximate surface area is 105 Å². The van der Waals surface area contributed by atoms with E-state index in [2.05, 4.69) is 5.32 Å². The van der Waals surface area contributed by atoms with Gasteiger partial charge in [0.1, 0.15) is 0 Å². The summed E-state index contributed by atoms with van der Waals surface area (Å²) in [4.78, 5) is 13.8. The van der Waals surface area contributed by atoms with Gasteiger partial charge in [-0.2, -0.15) is 0 Å². The highest BCUT2D eigenvalue weighted by molar-refractivity contribution is 5.79. The fourth-order valence-corrected chi connectivity index (χ4v) is 2.14. The molecule has 1 aliphatic rings. The van der Waals surface area contributed by atoms with E-state index in [1.54, 1.807) is 4.90 Å². The van der Waals surface area contributed by atoms with Gasteiger partial charge >= 0.3 is 0 Å². The number of piperazine rings is 1. The van der Waals surface area contributed by atoms with Gasteiger partial charge in [0, 0.05) is 25.7 Å². The van der Waals surface area contributed by atoms with Crippen LogP contribution in [-0.2, 0) is 11.2 Å². The van der Waals surface area contributed by atoms with Crippen LogP contribution in [0.4, 0.5) is 8.78 Å². The molecular weight excluding hydrogens is 238 g/mol. The van der Waals surface area contributed by atoms with Gasteiger partial charge in [0.2, 0.25) is 5.91 Å². The molecule has 1 saturated heterocycles. The lowest BCUT2D eigenvalue weighted by Crippen LogP contribution is -2.52. The third kappa shape index (κ3) is 2.85. The number of halogens is 2. The molecule has 1 aromatic carbocycles. The Bertz CT molecular complexity index is 451. The van der Waals surface area contributed by atoms with Crippen LogP contribution in [0.5, 0.6) is 0 Å². The first-order valence-electron chi connectivity index (χ1n) is 6.02. The van der Waals surface area contributed by atoms with Crippen molar-refractivity contribution in [2.24, 2.45) is 0 Å². The molecule has 0 aliphatic carbocycles. The lowest BCUT2D eigenvalue weighted by molar-refractivity contribution is -0.133. The Morgan fingerprint density at radius 2 is 2.22 bits per heavy atom. The van der Waals surface area contributed by atoms with E-state index < -0.39 is 11.6 Å². The molecular formula is C13H16F2N2O. The average molecular weight is 254 g/mol. The number of benzene rings is 1. The molecule has 2 rings (SSSR count).